The van der Waals surface area contributed by atoms with Crippen LogP contribution >= 0.6 is 0 Å². The quantitative estimate of drug-likeness (QED) is 0.816. The summed E-state index contributed by atoms with van der Waals surface area (Å²) in [5.41, 5.74) is 1.18. The Balaban J connectivity index is 1.69. The van der Waals surface area contributed by atoms with Crippen molar-refractivity contribution in [2.75, 3.05) is 27.2 Å². The number of hydrogen-bond acceptors (Lipinski definition) is 4. The van der Waals surface area contributed by atoms with E-state index in [9.17, 15) is 8.42 Å². The van der Waals surface area contributed by atoms with E-state index in [4.69, 9.17) is 0 Å². The molecule has 0 unspecified atom stereocenters. The predicted octanol–water partition coefficient (Wildman–Crippen LogP) is 1.31. The van der Waals surface area contributed by atoms with Crippen molar-refractivity contribution in [3.05, 3.63) is 48.3 Å². The summed E-state index contributed by atoms with van der Waals surface area (Å²) in [5, 5.41) is 0. The highest BCUT2D eigenvalue weighted by molar-refractivity contribution is 7.86. The van der Waals surface area contributed by atoms with E-state index in [2.05, 4.69) is 14.5 Å². The normalized spacial score (nSPS) is 17.5. The van der Waals surface area contributed by atoms with Crippen LogP contribution in [0.3, 0.4) is 0 Å². The molecule has 8 heteroatoms. The maximum absolute atomic E-state index is 12.2. The molecule has 7 nitrogen and oxygen atoms in total. The highest BCUT2D eigenvalue weighted by Gasteiger charge is 2.31. The predicted molar refractivity (Wildman–Crippen MR) is 91.7 cm³/mol. The Bertz CT molecular complexity index is 765. The third-order valence-corrected chi connectivity index (χ3v) is 6.40. The third-order valence-electron chi connectivity index (χ3n) is 4.46. The maximum atomic E-state index is 12.2. The fourth-order valence-electron chi connectivity index (χ4n) is 3.07. The number of piperidine rings is 1. The van der Waals surface area contributed by atoms with Crippen molar-refractivity contribution in [1.82, 2.24) is 23.1 Å². The van der Waals surface area contributed by atoms with Gasteiger partial charge in [-0.15, -0.1) is 0 Å². The van der Waals surface area contributed by atoms with Crippen molar-refractivity contribution in [3.8, 4) is 0 Å². The molecule has 1 saturated heterocycles. The van der Waals surface area contributed by atoms with Crippen molar-refractivity contribution < 1.29 is 8.42 Å². The fraction of sp³-hybridized carbons (Fsp3) is 0.500. The maximum Gasteiger partial charge on any atom is 0.281 e. The molecule has 1 aliphatic rings. The first-order valence-corrected chi connectivity index (χ1v) is 9.45. The van der Waals surface area contributed by atoms with Gasteiger partial charge in [0.1, 0.15) is 5.82 Å². The summed E-state index contributed by atoms with van der Waals surface area (Å²) in [6.07, 6.45) is 8.96. The lowest BCUT2D eigenvalue weighted by Crippen LogP contribution is -2.44. The Kier molecular flexibility index (Phi) is 4.98. The van der Waals surface area contributed by atoms with Crippen molar-refractivity contribution >= 4 is 10.2 Å². The molecular weight excluding hydrogens is 326 g/mol. The van der Waals surface area contributed by atoms with Gasteiger partial charge in [-0.1, -0.05) is 0 Å². The minimum absolute atomic E-state index is 0.287. The highest BCUT2D eigenvalue weighted by atomic mass is 32.2. The van der Waals surface area contributed by atoms with Crippen molar-refractivity contribution in [2.45, 2.75) is 25.3 Å². The minimum Gasteiger partial charge on any atom is -0.330 e. The van der Waals surface area contributed by atoms with E-state index in [1.165, 1.54) is 9.87 Å². The molecule has 0 bridgehead atoms. The van der Waals surface area contributed by atoms with Gasteiger partial charge in [0, 0.05) is 64.4 Å². The number of aromatic nitrogens is 3. The number of imidazole rings is 1. The van der Waals surface area contributed by atoms with Gasteiger partial charge in [0.2, 0.25) is 0 Å². The van der Waals surface area contributed by atoms with Gasteiger partial charge in [-0.05, 0) is 30.5 Å². The van der Waals surface area contributed by atoms with Crippen LogP contribution in [0.1, 0.15) is 30.1 Å². The highest BCUT2D eigenvalue weighted by Crippen LogP contribution is 2.28. The van der Waals surface area contributed by atoms with Crippen LogP contribution in [0.15, 0.2) is 36.9 Å². The first-order valence-electron chi connectivity index (χ1n) is 8.06. The lowest BCUT2D eigenvalue weighted by atomic mass is 9.97. The van der Waals surface area contributed by atoms with Crippen LogP contribution in [-0.4, -0.2) is 58.7 Å². The molecule has 0 N–H and O–H groups in total. The van der Waals surface area contributed by atoms with Gasteiger partial charge in [0.05, 0.1) is 0 Å². The Morgan fingerprint density at radius 2 is 1.83 bits per heavy atom. The number of nitrogens with zero attached hydrogens (tertiary/aromatic N) is 5. The van der Waals surface area contributed by atoms with E-state index >= 15 is 0 Å². The molecular formula is C16H23N5O2S. The van der Waals surface area contributed by atoms with Crippen LogP contribution < -0.4 is 0 Å². The molecule has 24 heavy (non-hydrogen) atoms. The lowest BCUT2D eigenvalue weighted by molar-refractivity contribution is 0.294. The summed E-state index contributed by atoms with van der Waals surface area (Å²) < 4.78 is 29.4. The molecule has 0 aliphatic carbocycles. The van der Waals surface area contributed by atoms with E-state index in [0.717, 1.165) is 25.2 Å². The number of hydrogen-bond donors (Lipinski definition) is 0. The molecule has 0 atom stereocenters. The Hall–Kier alpha value is -1.77. The first-order chi connectivity index (χ1) is 11.5. The summed E-state index contributed by atoms with van der Waals surface area (Å²) in [5.74, 6) is 1.32. The largest absolute Gasteiger partial charge is 0.330 e. The van der Waals surface area contributed by atoms with E-state index in [1.54, 1.807) is 30.8 Å². The van der Waals surface area contributed by atoms with E-state index in [0.29, 0.717) is 13.1 Å². The molecule has 0 amide bonds. The van der Waals surface area contributed by atoms with Gasteiger partial charge in [0.25, 0.3) is 10.2 Å². The zero-order valence-electron chi connectivity index (χ0n) is 14.0. The Morgan fingerprint density at radius 1 is 1.17 bits per heavy atom. The summed E-state index contributed by atoms with van der Waals surface area (Å²) >= 11 is 0. The number of pyridine rings is 1. The van der Waals surface area contributed by atoms with Crippen LogP contribution in [0.2, 0.25) is 0 Å². The van der Waals surface area contributed by atoms with Crippen LogP contribution in [0, 0.1) is 0 Å². The van der Waals surface area contributed by atoms with Crippen LogP contribution in [0.4, 0.5) is 0 Å². The molecule has 2 aromatic heterocycles. The van der Waals surface area contributed by atoms with Gasteiger partial charge in [-0.2, -0.15) is 17.0 Å². The molecule has 0 saturated carbocycles. The second kappa shape index (κ2) is 7.00. The third kappa shape index (κ3) is 3.50. The SMILES string of the molecule is CN(C)S(=O)(=O)N1CCC(c2nccn2Cc2ccncc2)CC1. The molecule has 3 rings (SSSR count). The topological polar surface area (TPSA) is 71.3 Å². The second-order valence-electron chi connectivity index (χ2n) is 6.23. The lowest BCUT2D eigenvalue weighted by Gasteiger charge is -2.32. The van der Waals surface area contributed by atoms with Gasteiger partial charge in [-0.25, -0.2) is 4.98 Å². The van der Waals surface area contributed by atoms with E-state index in [1.807, 2.05) is 24.5 Å². The summed E-state index contributed by atoms with van der Waals surface area (Å²) in [6.45, 7) is 1.83. The van der Waals surface area contributed by atoms with Crippen molar-refractivity contribution in [3.63, 3.8) is 0 Å². The smallest absolute Gasteiger partial charge is 0.281 e. The van der Waals surface area contributed by atoms with Gasteiger partial charge in [-0.3, -0.25) is 4.98 Å². The van der Waals surface area contributed by atoms with Crippen LogP contribution in [-0.2, 0) is 16.8 Å². The molecule has 1 aliphatic heterocycles. The van der Waals surface area contributed by atoms with E-state index < -0.39 is 10.2 Å². The first kappa shape index (κ1) is 17.1. The Morgan fingerprint density at radius 3 is 2.46 bits per heavy atom. The molecule has 1 fully saturated rings. The van der Waals surface area contributed by atoms with Crippen molar-refractivity contribution in [2.24, 2.45) is 0 Å². The zero-order valence-corrected chi connectivity index (χ0v) is 14.9. The molecule has 0 radical (unpaired) electrons. The molecule has 130 valence electrons. The minimum atomic E-state index is -3.32. The van der Waals surface area contributed by atoms with Gasteiger partial charge >= 0.3 is 0 Å². The average Bonchev–Trinajstić information content (AvgIpc) is 3.04. The second-order valence-corrected chi connectivity index (χ2v) is 8.37. The molecule has 0 aromatic carbocycles. The fourth-order valence-corrected chi connectivity index (χ4v) is 4.21. The monoisotopic (exact) mass is 349 g/mol. The molecule has 3 heterocycles. The summed E-state index contributed by atoms with van der Waals surface area (Å²) in [4.78, 5) is 8.57. The van der Waals surface area contributed by atoms with Gasteiger partial charge < -0.3 is 4.57 Å². The van der Waals surface area contributed by atoms with Crippen LogP contribution in [0.25, 0.3) is 0 Å². The zero-order chi connectivity index (χ0) is 17.2. The van der Waals surface area contributed by atoms with E-state index in [-0.39, 0.29) is 5.92 Å². The standard InChI is InChI=1S/C16H23N5O2S/c1-19(2)24(22,23)21-10-5-15(6-11-21)16-18-9-12-20(16)13-14-3-7-17-8-4-14/h3-4,7-9,12,15H,5-6,10-11,13H2,1-2H3. The number of rotatable bonds is 5. The molecule has 0 spiro atoms. The molecule has 2 aromatic rings. The Labute approximate surface area is 143 Å². The van der Waals surface area contributed by atoms with Gasteiger partial charge in [0.15, 0.2) is 0 Å². The van der Waals surface area contributed by atoms with Crippen LogP contribution in [0.5, 0.6) is 0 Å². The van der Waals surface area contributed by atoms with Crippen molar-refractivity contribution in [1.29, 1.82) is 0 Å². The summed E-state index contributed by atoms with van der Waals surface area (Å²) in [6, 6.07) is 3.99. The average molecular weight is 349 g/mol. The summed E-state index contributed by atoms with van der Waals surface area (Å²) in [7, 11) is -0.174.